The molecule has 0 atom stereocenters. The lowest BCUT2D eigenvalue weighted by Gasteiger charge is -2.21. The molecule has 0 bridgehead atoms. The number of hydrogen-bond donors (Lipinski definition) is 1. The molecule has 2 N–H and O–H groups in total. The summed E-state index contributed by atoms with van der Waals surface area (Å²) in [6, 6.07) is 4.10. The first-order valence-corrected chi connectivity index (χ1v) is 6.52. The Kier molecular flexibility index (Phi) is 3.76. The van der Waals surface area contributed by atoms with Crippen molar-refractivity contribution in [1.29, 1.82) is 0 Å². The SMILES string of the molecule is COCc1cc(Br)cc(OC)c1C1(CN)CC1. The smallest absolute Gasteiger partial charge is 0.124 e. The average molecular weight is 300 g/mol. The molecule has 3 nitrogen and oxygen atoms in total. The molecule has 0 spiro atoms. The Morgan fingerprint density at radius 1 is 1.35 bits per heavy atom. The highest BCUT2D eigenvalue weighted by atomic mass is 79.9. The van der Waals surface area contributed by atoms with Gasteiger partial charge in [-0.2, -0.15) is 0 Å². The first-order valence-electron chi connectivity index (χ1n) is 5.73. The first kappa shape index (κ1) is 12.9. The molecule has 0 saturated heterocycles. The van der Waals surface area contributed by atoms with Crippen LogP contribution in [-0.2, 0) is 16.8 Å². The van der Waals surface area contributed by atoms with Crippen LogP contribution >= 0.6 is 15.9 Å². The molecule has 0 amide bonds. The van der Waals surface area contributed by atoms with E-state index in [1.54, 1.807) is 14.2 Å². The summed E-state index contributed by atoms with van der Waals surface area (Å²) in [4.78, 5) is 0. The van der Waals surface area contributed by atoms with Crippen molar-refractivity contribution >= 4 is 15.9 Å². The van der Waals surface area contributed by atoms with E-state index >= 15 is 0 Å². The highest BCUT2D eigenvalue weighted by Crippen LogP contribution is 2.52. The summed E-state index contributed by atoms with van der Waals surface area (Å²) in [6.45, 7) is 1.26. The molecule has 17 heavy (non-hydrogen) atoms. The fourth-order valence-electron chi connectivity index (χ4n) is 2.38. The Morgan fingerprint density at radius 2 is 2.06 bits per heavy atom. The molecule has 0 unspecified atom stereocenters. The van der Waals surface area contributed by atoms with Gasteiger partial charge < -0.3 is 15.2 Å². The van der Waals surface area contributed by atoms with Gasteiger partial charge in [-0.05, 0) is 30.5 Å². The molecule has 2 rings (SSSR count). The highest BCUT2D eigenvalue weighted by Gasteiger charge is 2.46. The third kappa shape index (κ3) is 2.34. The van der Waals surface area contributed by atoms with E-state index in [4.69, 9.17) is 15.2 Å². The number of methoxy groups -OCH3 is 2. The molecule has 1 aromatic rings. The molecule has 0 heterocycles. The van der Waals surface area contributed by atoms with Crippen LogP contribution in [0, 0.1) is 0 Å². The predicted molar refractivity (Wildman–Crippen MR) is 71.4 cm³/mol. The molecule has 4 heteroatoms. The van der Waals surface area contributed by atoms with Crippen molar-refractivity contribution in [1.82, 2.24) is 0 Å². The molecule has 0 aliphatic heterocycles. The van der Waals surface area contributed by atoms with Gasteiger partial charge in [-0.25, -0.2) is 0 Å². The fourth-order valence-corrected chi connectivity index (χ4v) is 2.86. The molecule has 1 fully saturated rings. The monoisotopic (exact) mass is 299 g/mol. The molecule has 0 aromatic heterocycles. The van der Waals surface area contributed by atoms with Gasteiger partial charge in [0.1, 0.15) is 5.75 Å². The standard InChI is InChI=1S/C13H18BrNO2/c1-16-7-9-5-10(14)6-11(17-2)12(9)13(8-15)3-4-13/h5-6H,3-4,7-8,15H2,1-2H3. The van der Waals surface area contributed by atoms with Gasteiger partial charge >= 0.3 is 0 Å². The minimum absolute atomic E-state index is 0.111. The van der Waals surface area contributed by atoms with Crippen LogP contribution in [0.2, 0.25) is 0 Å². The summed E-state index contributed by atoms with van der Waals surface area (Å²) >= 11 is 3.50. The largest absolute Gasteiger partial charge is 0.496 e. The Hall–Kier alpha value is -0.580. The predicted octanol–water partition coefficient (Wildman–Crippen LogP) is 2.59. The molecule has 1 aliphatic rings. The Labute approximate surface area is 110 Å². The van der Waals surface area contributed by atoms with Crippen molar-refractivity contribution in [2.75, 3.05) is 20.8 Å². The first-order chi connectivity index (χ1) is 8.16. The van der Waals surface area contributed by atoms with Gasteiger partial charge in [-0.3, -0.25) is 0 Å². The molecule has 1 aromatic carbocycles. The lowest BCUT2D eigenvalue weighted by atomic mass is 9.90. The van der Waals surface area contributed by atoms with Crippen molar-refractivity contribution in [3.05, 3.63) is 27.7 Å². The third-order valence-corrected chi connectivity index (χ3v) is 3.90. The van der Waals surface area contributed by atoms with Gasteiger partial charge in [0.2, 0.25) is 0 Å². The van der Waals surface area contributed by atoms with Crippen molar-refractivity contribution in [3.8, 4) is 5.75 Å². The maximum absolute atomic E-state index is 5.92. The summed E-state index contributed by atoms with van der Waals surface area (Å²) in [6.07, 6.45) is 2.27. The van der Waals surface area contributed by atoms with Crippen LogP contribution in [0.4, 0.5) is 0 Å². The van der Waals surface area contributed by atoms with Gasteiger partial charge in [-0.1, -0.05) is 15.9 Å². The van der Waals surface area contributed by atoms with Crippen LogP contribution in [0.5, 0.6) is 5.75 Å². The summed E-state index contributed by atoms with van der Waals surface area (Å²) in [7, 11) is 3.41. The molecular formula is C13H18BrNO2. The Balaban J connectivity index is 2.52. The van der Waals surface area contributed by atoms with Crippen LogP contribution < -0.4 is 10.5 Å². The number of halogens is 1. The molecule has 1 aliphatic carbocycles. The van der Waals surface area contributed by atoms with E-state index in [0.29, 0.717) is 13.2 Å². The van der Waals surface area contributed by atoms with Gasteiger partial charge in [-0.15, -0.1) is 0 Å². The lowest BCUT2D eigenvalue weighted by Crippen LogP contribution is -2.22. The van der Waals surface area contributed by atoms with E-state index in [1.807, 2.05) is 6.07 Å². The van der Waals surface area contributed by atoms with E-state index < -0.39 is 0 Å². The zero-order valence-electron chi connectivity index (χ0n) is 10.3. The van der Waals surface area contributed by atoms with E-state index in [-0.39, 0.29) is 5.41 Å². The minimum Gasteiger partial charge on any atom is -0.496 e. The van der Waals surface area contributed by atoms with E-state index in [1.165, 1.54) is 11.1 Å². The Morgan fingerprint density at radius 3 is 2.53 bits per heavy atom. The van der Waals surface area contributed by atoms with Crippen LogP contribution in [0.25, 0.3) is 0 Å². The molecular weight excluding hydrogens is 282 g/mol. The zero-order chi connectivity index (χ0) is 12.5. The second-order valence-corrected chi connectivity index (χ2v) is 5.48. The van der Waals surface area contributed by atoms with E-state index in [9.17, 15) is 0 Å². The topological polar surface area (TPSA) is 44.5 Å². The van der Waals surface area contributed by atoms with Crippen molar-refractivity contribution in [3.63, 3.8) is 0 Å². The number of nitrogens with two attached hydrogens (primary N) is 1. The van der Waals surface area contributed by atoms with Crippen LogP contribution in [-0.4, -0.2) is 20.8 Å². The molecule has 94 valence electrons. The highest BCUT2D eigenvalue weighted by molar-refractivity contribution is 9.10. The summed E-state index contributed by atoms with van der Waals surface area (Å²) < 4.78 is 11.8. The van der Waals surface area contributed by atoms with Crippen LogP contribution in [0.15, 0.2) is 16.6 Å². The second-order valence-electron chi connectivity index (χ2n) is 4.56. The van der Waals surface area contributed by atoms with Crippen molar-refractivity contribution in [2.45, 2.75) is 24.9 Å². The maximum Gasteiger partial charge on any atom is 0.124 e. The normalized spacial score (nSPS) is 16.9. The number of benzene rings is 1. The number of rotatable bonds is 5. The summed E-state index contributed by atoms with van der Waals surface area (Å²) in [5.41, 5.74) is 8.43. The van der Waals surface area contributed by atoms with Gasteiger partial charge in [0, 0.05) is 29.1 Å². The molecule has 0 radical (unpaired) electrons. The van der Waals surface area contributed by atoms with Gasteiger partial charge in [0.05, 0.1) is 13.7 Å². The van der Waals surface area contributed by atoms with Crippen LogP contribution in [0.3, 0.4) is 0 Å². The van der Waals surface area contributed by atoms with Gasteiger partial charge in [0.15, 0.2) is 0 Å². The summed E-state index contributed by atoms with van der Waals surface area (Å²) in [5, 5.41) is 0. The minimum atomic E-state index is 0.111. The second kappa shape index (κ2) is 4.96. The van der Waals surface area contributed by atoms with Crippen LogP contribution in [0.1, 0.15) is 24.0 Å². The van der Waals surface area contributed by atoms with E-state index in [2.05, 4.69) is 22.0 Å². The Bertz CT molecular complexity index is 416. The lowest BCUT2D eigenvalue weighted by molar-refractivity contribution is 0.183. The van der Waals surface area contributed by atoms with Crippen molar-refractivity contribution in [2.24, 2.45) is 5.73 Å². The zero-order valence-corrected chi connectivity index (χ0v) is 11.8. The average Bonchev–Trinajstić information content (AvgIpc) is 3.09. The maximum atomic E-state index is 5.92. The number of ether oxygens (including phenoxy) is 2. The van der Waals surface area contributed by atoms with Crippen molar-refractivity contribution < 1.29 is 9.47 Å². The quantitative estimate of drug-likeness (QED) is 0.909. The molecule has 1 saturated carbocycles. The van der Waals surface area contributed by atoms with Gasteiger partial charge in [0.25, 0.3) is 0 Å². The van der Waals surface area contributed by atoms with E-state index in [0.717, 1.165) is 23.1 Å². The third-order valence-electron chi connectivity index (χ3n) is 3.44. The number of hydrogen-bond acceptors (Lipinski definition) is 3. The fraction of sp³-hybridized carbons (Fsp3) is 0.538. The summed E-state index contributed by atoms with van der Waals surface area (Å²) in [5.74, 6) is 0.911.